The third-order valence-corrected chi connectivity index (χ3v) is 4.79. The van der Waals surface area contributed by atoms with E-state index in [4.69, 9.17) is 9.84 Å². The van der Waals surface area contributed by atoms with Gasteiger partial charge in [-0.15, -0.1) is 0 Å². The van der Waals surface area contributed by atoms with Crippen molar-refractivity contribution in [3.8, 4) is 0 Å². The largest absolute Gasteiger partial charge is 0.481 e. The molecule has 0 spiro atoms. The Balaban J connectivity index is 2.64. The second kappa shape index (κ2) is 7.71. The quantitative estimate of drug-likeness (QED) is 0.606. The highest BCUT2D eigenvalue weighted by molar-refractivity contribution is 7.87. The number of carboxylic acids is 1. The molecule has 1 saturated heterocycles. The molecule has 1 rings (SSSR count). The van der Waals surface area contributed by atoms with E-state index in [-0.39, 0.29) is 32.0 Å². The molecular weight excluding hydrogens is 300 g/mol. The second-order valence-electron chi connectivity index (χ2n) is 5.08. The van der Waals surface area contributed by atoms with Crippen LogP contribution in [0.4, 0.5) is 0 Å². The molecule has 8 nitrogen and oxygen atoms in total. The number of hydrogen-bond donors (Lipinski definition) is 2. The van der Waals surface area contributed by atoms with Crippen LogP contribution in [0.3, 0.4) is 0 Å². The molecule has 2 unspecified atom stereocenters. The van der Waals surface area contributed by atoms with Gasteiger partial charge in [0.25, 0.3) is 10.2 Å². The molecule has 0 aliphatic carbocycles. The third-order valence-electron chi connectivity index (χ3n) is 3.21. The summed E-state index contributed by atoms with van der Waals surface area (Å²) in [5.41, 5.74) is 0. The fourth-order valence-corrected chi connectivity index (χ4v) is 3.76. The molecule has 1 fully saturated rings. The first-order valence-electron chi connectivity index (χ1n) is 6.92. The topological polar surface area (TPSA) is 113 Å². The van der Waals surface area contributed by atoms with Gasteiger partial charge in [-0.2, -0.15) is 12.7 Å². The highest BCUT2D eigenvalue weighted by atomic mass is 32.2. The van der Waals surface area contributed by atoms with Crippen LogP contribution in [0.15, 0.2) is 0 Å². The SMILES string of the molecule is CCOC(=O)C1CCCN1S(=O)(=O)NCC(C)CC(=O)O. The van der Waals surface area contributed by atoms with Gasteiger partial charge in [-0.3, -0.25) is 9.59 Å². The number of esters is 1. The van der Waals surface area contributed by atoms with Gasteiger partial charge < -0.3 is 9.84 Å². The average Bonchev–Trinajstić information content (AvgIpc) is 2.86. The lowest BCUT2D eigenvalue weighted by molar-refractivity contribution is -0.147. The molecule has 1 aliphatic rings. The number of carbonyl (C=O) groups excluding carboxylic acids is 1. The van der Waals surface area contributed by atoms with E-state index < -0.39 is 28.2 Å². The number of rotatable bonds is 8. The minimum Gasteiger partial charge on any atom is -0.481 e. The molecule has 2 atom stereocenters. The predicted molar refractivity (Wildman–Crippen MR) is 74.7 cm³/mol. The van der Waals surface area contributed by atoms with Crippen LogP contribution >= 0.6 is 0 Å². The van der Waals surface area contributed by atoms with Crippen LogP contribution in [0, 0.1) is 5.92 Å². The van der Waals surface area contributed by atoms with E-state index in [0.717, 1.165) is 4.31 Å². The lowest BCUT2D eigenvalue weighted by Gasteiger charge is -2.23. The van der Waals surface area contributed by atoms with Gasteiger partial charge in [-0.25, -0.2) is 4.72 Å². The Kier molecular flexibility index (Phi) is 6.56. The van der Waals surface area contributed by atoms with Crippen LogP contribution in [0.1, 0.15) is 33.1 Å². The van der Waals surface area contributed by atoms with Crippen molar-refractivity contribution in [2.45, 2.75) is 39.2 Å². The van der Waals surface area contributed by atoms with Crippen molar-refractivity contribution >= 4 is 22.1 Å². The number of carbonyl (C=O) groups is 2. The predicted octanol–water partition coefficient (Wildman–Crippen LogP) is -0.0409. The summed E-state index contributed by atoms with van der Waals surface area (Å²) < 4.78 is 32.7. The summed E-state index contributed by atoms with van der Waals surface area (Å²) in [6.45, 7) is 3.78. The Morgan fingerprint density at radius 3 is 2.71 bits per heavy atom. The maximum Gasteiger partial charge on any atom is 0.324 e. The summed E-state index contributed by atoms with van der Waals surface area (Å²) in [4.78, 5) is 22.3. The molecule has 2 N–H and O–H groups in total. The molecule has 0 bridgehead atoms. The second-order valence-corrected chi connectivity index (χ2v) is 6.79. The zero-order valence-corrected chi connectivity index (χ0v) is 13.1. The summed E-state index contributed by atoms with van der Waals surface area (Å²) in [5.74, 6) is -1.85. The molecule has 21 heavy (non-hydrogen) atoms. The van der Waals surface area contributed by atoms with E-state index >= 15 is 0 Å². The maximum absolute atomic E-state index is 12.2. The van der Waals surface area contributed by atoms with Crippen LogP contribution in [0.25, 0.3) is 0 Å². The number of nitrogens with zero attached hydrogens (tertiary/aromatic N) is 1. The van der Waals surface area contributed by atoms with Gasteiger partial charge in [-0.1, -0.05) is 6.92 Å². The molecular formula is C12H22N2O6S. The van der Waals surface area contributed by atoms with E-state index in [1.54, 1.807) is 13.8 Å². The Bertz CT molecular complexity index is 478. The lowest BCUT2D eigenvalue weighted by atomic mass is 10.1. The molecule has 9 heteroatoms. The molecule has 1 heterocycles. The molecule has 0 saturated carbocycles. The minimum absolute atomic E-state index is 0.0146. The first kappa shape index (κ1) is 17.9. The first-order chi connectivity index (χ1) is 9.77. The summed E-state index contributed by atoms with van der Waals surface area (Å²) in [6.07, 6.45) is 0.906. The van der Waals surface area contributed by atoms with E-state index in [9.17, 15) is 18.0 Å². The zero-order valence-electron chi connectivity index (χ0n) is 12.2. The summed E-state index contributed by atoms with van der Waals surface area (Å²) >= 11 is 0. The number of carboxylic acid groups (broad SMARTS) is 1. The standard InChI is InChI=1S/C12H22N2O6S/c1-3-20-12(17)10-5-4-6-14(10)21(18,19)13-8-9(2)7-11(15)16/h9-10,13H,3-8H2,1-2H3,(H,15,16). The normalized spacial score (nSPS) is 21.1. The summed E-state index contributed by atoms with van der Waals surface area (Å²) in [6, 6.07) is -0.794. The Morgan fingerprint density at radius 2 is 2.14 bits per heavy atom. The molecule has 1 aliphatic heterocycles. The van der Waals surface area contributed by atoms with Gasteiger partial charge in [-0.05, 0) is 25.7 Å². The molecule has 0 radical (unpaired) electrons. The summed E-state index contributed by atoms with van der Waals surface area (Å²) in [7, 11) is -3.81. The van der Waals surface area contributed by atoms with E-state index in [1.807, 2.05) is 0 Å². The van der Waals surface area contributed by atoms with Crippen molar-refractivity contribution in [2.75, 3.05) is 19.7 Å². The minimum atomic E-state index is -3.81. The Labute approximate surface area is 124 Å². The average molecular weight is 322 g/mol. The van der Waals surface area contributed by atoms with E-state index in [2.05, 4.69) is 4.72 Å². The zero-order chi connectivity index (χ0) is 16.0. The van der Waals surface area contributed by atoms with Gasteiger partial charge in [0.05, 0.1) is 6.61 Å². The van der Waals surface area contributed by atoms with Crippen LogP contribution in [-0.4, -0.2) is 55.5 Å². The molecule has 0 aromatic rings. The van der Waals surface area contributed by atoms with Crippen molar-refractivity contribution in [3.05, 3.63) is 0 Å². The van der Waals surface area contributed by atoms with Crippen LogP contribution < -0.4 is 4.72 Å². The van der Waals surface area contributed by atoms with E-state index in [1.165, 1.54) is 0 Å². The molecule has 0 aromatic heterocycles. The highest BCUT2D eigenvalue weighted by Crippen LogP contribution is 2.21. The van der Waals surface area contributed by atoms with Crippen molar-refractivity contribution in [3.63, 3.8) is 0 Å². The number of ether oxygens (including phenoxy) is 1. The van der Waals surface area contributed by atoms with Gasteiger partial charge >= 0.3 is 11.9 Å². The first-order valence-corrected chi connectivity index (χ1v) is 8.36. The number of nitrogens with one attached hydrogen (secondary N) is 1. The fourth-order valence-electron chi connectivity index (χ4n) is 2.20. The van der Waals surface area contributed by atoms with E-state index in [0.29, 0.717) is 12.8 Å². The fraction of sp³-hybridized carbons (Fsp3) is 0.833. The van der Waals surface area contributed by atoms with Crippen molar-refractivity contribution in [2.24, 2.45) is 5.92 Å². The summed E-state index contributed by atoms with van der Waals surface area (Å²) in [5, 5.41) is 8.65. The Hall–Kier alpha value is -1.19. The van der Waals surface area contributed by atoms with Gasteiger partial charge in [0.15, 0.2) is 0 Å². The van der Waals surface area contributed by atoms with Crippen molar-refractivity contribution < 1.29 is 27.9 Å². The molecule has 0 amide bonds. The molecule has 0 aromatic carbocycles. The van der Waals surface area contributed by atoms with Crippen LogP contribution in [-0.2, 0) is 24.5 Å². The lowest BCUT2D eigenvalue weighted by Crippen LogP contribution is -2.47. The van der Waals surface area contributed by atoms with Crippen LogP contribution in [0.5, 0.6) is 0 Å². The number of hydrogen-bond acceptors (Lipinski definition) is 5. The maximum atomic E-state index is 12.2. The highest BCUT2D eigenvalue weighted by Gasteiger charge is 2.39. The van der Waals surface area contributed by atoms with Crippen LogP contribution in [0.2, 0.25) is 0 Å². The van der Waals surface area contributed by atoms with Gasteiger partial charge in [0.1, 0.15) is 6.04 Å². The Morgan fingerprint density at radius 1 is 1.48 bits per heavy atom. The smallest absolute Gasteiger partial charge is 0.324 e. The van der Waals surface area contributed by atoms with Gasteiger partial charge in [0, 0.05) is 19.5 Å². The third kappa shape index (κ3) is 5.25. The monoisotopic (exact) mass is 322 g/mol. The van der Waals surface area contributed by atoms with Gasteiger partial charge in [0.2, 0.25) is 0 Å². The molecule has 122 valence electrons. The van der Waals surface area contributed by atoms with Crippen molar-refractivity contribution in [1.29, 1.82) is 0 Å². The number of aliphatic carboxylic acids is 1. The van der Waals surface area contributed by atoms with Crippen molar-refractivity contribution in [1.82, 2.24) is 9.03 Å².